The van der Waals surface area contributed by atoms with E-state index in [2.05, 4.69) is 21.4 Å². The largest absolute Gasteiger partial charge is 0.496 e. The number of hydrogen-bond acceptors (Lipinski definition) is 9. The number of cyclic esters (lactones) is 1. The molecule has 4 N–H and O–H groups in total. The molecule has 2 aromatic rings. The number of hydrogen-bond donors (Lipinski definition) is 4. The standard InChI is InChI=1S/C39H52N4O9S/c1-37(2,3)32-34(45)43-22-38(48,21-30(43)33(44)41-39(20-29(39)23-10-11-23)35(46)42-53(49,50)28-14-15-28)27-13-12-24-19-31(51-4)25(17-26(24)18-27)9-7-5-6-8-16-52-36(47)40-32/h12-13,17-19,23,28-30,32,48H,5-11,14-16,20-22H2,1-4H3,(H,40,47)(H,41,44)(H,42,46)/t29-,30+,32-,38+,39-/m1/s1. The fourth-order valence-electron chi connectivity index (χ4n) is 8.27. The number of alkyl carbamates (subject to hydrolysis) is 1. The highest BCUT2D eigenvalue weighted by atomic mass is 32.2. The Morgan fingerprint density at radius 1 is 1.00 bits per heavy atom. The Morgan fingerprint density at radius 2 is 1.74 bits per heavy atom. The van der Waals surface area contributed by atoms with Crippen LogP contribution in [0.3, 0.4) is 0 Å². The van der Waals surface area contributed by atoms with Crippen LogP contribution in [0.2, 0.25) is 0 Å². The second kappa shape index (κ2) is 13.7. The number of nitrogens with one attached hydrogen (secondary N) is 3. The first kappa shape index (κ1) is 37.4. The summed E-state index contributed by atoms with van der Waals surface area (Å²) in [5.41, 5.74) is -2.40. The van der Waals surface area contributed by atoms with Crippen LogP contribution in [0.1, 0.15) is 96.1 Å². The average molecular weight is 753 g/mol. The van der Waals surface area contributed by atoms with E-state index in [1.165, 1.54) is 4.90 Å². The summed E-state index contributed by atoms with van der Waals surface area (Å²) in [4.78, 5) is 57.2. The third-order valence-corrected chi connectivity index (χ3v) is 13.6. The van der Waals surface area contributed by atoms with E-state index in [1.807, 2.05) is 18.2 Å². The topological polar surface area (TPSA) is 180 Å². The molecule has 3 saturated carbocycles. The number of ether oxygens (including phenoxy) is 2. The third-order valence-electron chi connectivity index (χ3n) is 11.8. The Morgan fingerprint density at radius 3 is 2.42 bits per heavy atom. The SMILES string of the molecule is COc1cc2ccc3cc2cc1CCCCCCOC(=O)N[C@@H](C(C)(C)C)C(=O)N1C[C@@]3(O)C[C@H]1C(=O)N[C@]1(C(=O)NS(=O)(=O)C2CC2)C[C@@H]1C1CC1. The number of methoxy groups -OCH3 is 1. The van der Waals surface area contributed by atoms with E-state index in [0.29, 0.717) is 24.8 Å². The van der Waals surface area contributed by atoms with Crippen LogP contribution >= 0.6 is 0 Å². The molecule has 0 unspecified atom stereocenters. The molecule has 13 nitrogen and oxygen atoms in total. The molecule has 4 fully saturated rings. The van der Waals surface area contributed by atoms with Crippen molar-refractivity contribution in [3.8, 4) is 5.75 Å². The van der Waals surface area contributed by atoms with Crippen molar-refractivity contribution in [3.05, 3.63) is 41.5 Å². The Bertz CT molecular complexity index is 1920. The first-order valence-electron chi connectivity index (χ1n) is 19.0. The zero-order valence-electron chi connectivity index (χ0n) is 31.0. The second-order valence-electron chi connectivity index (χ2n) is 17.0. The molecule has 0 aromatic heterocycles. The van der Waals surface area contributed by atoms with Crippen molar-refractivity contribution in [1.29, 1.82) is 0 Å². The molecule has 0 radical (unpaired) electrons. The molecule has 53 heavy (non-hydrogen) atoms. The van der Waals surface area contributed by atoms with Crippen molar-refractivity contribution >= 4 is 44.6 Å². The zero-order valence-corrected chi connectivity index (χ0v) is 31.9. The van der Waals surface area contributed by atoms with Crippen LogP contribution in [-0.4, -0.2) is 85.4 Å². The normalized spacial score (nSPS) is 29.8. The van der Waals surface area contributed by atoms with Crippen LogP contribution in [0.5, 0.6) is 5.75 Å². The van der Waals surface area contributed by atoms with Gasteiger partial charge in [-0.15, -0.1) is 0 Å². The minimum Gasteiger partial charge on any atom is -0.496 e. The van der Waals surface area contributed by atoms with Gasteiger partial charge < -0.3 is 30.1 Å². The predicted molar refractivity (Wildman–Crippen MR) is 196 cm³/mol. The van der Waals surface area contributed by atoms with Crippen molar-refractivity contribution in [3.63, 3.8) is 0 Å². The van der Waals surface area contributed by atoms with Gasteiger partial charge in [-0.25, -0.2) is 13.2 Å². The molecule has 14 heteroatoms. The van der Waals surface area contributed by atoms with Crippen molar-refractivity contribution in [2.75, 3.05) is 20.3 Å². The molecule has 2 aliphatic heterocycles. The number of sulfonamides is 1. The summed E-state index contributed by atoms with van der Waals surface area (Å²) < 4.78 is 39.1. The van der Waals surface area contributed by atoms with Gasteiger partial charge in [0.05, 0.1) is 25.5 Å². The van der Waals surface area contributed by atoms with Gasteiger partial charge in [-0.2, -0.15) is 0 Å². The van der Waals surface area contributed by atoms with Gasteiger partial charge in [0.15, 0.2) is 0 Å². The van der Waals surface area contributed by atoms with Gasteiger partial charge in [-0.3, -0.25) is 19.1 Å². The van der Waals surface area contributed by atoms with E-state index in [1.54, 1.807) is 33.9 Å². The highest BCUT2D eigenvalue weighted by Gasteiger charge is 2.67. The average Bonchev–Trinajstić information content (AvgIpc) is 3.97. The maximum Gasteiger partial charge on any atom is 0.407 e. The quantitative estimate of drug-likeness (QED) is 0.328. The maximum absolute atomic E-state index is 14.6. The van der Waals surface area contributed by atoms with Crippen LogP contribution in [0, 0.1) is 17.3 Å². The fourth-order valence-corrected chi connectivity index (χ4v) is 9.64. The first-order valence-corrected chi connectivity index (χ1v) is 20.5. The molecule has 5 aliphatic rings. The predicted octanol–water partition coefficient (Wildman–Crippen LogP) is 3.79. The van der Waals surface area contributed by atoms with E-state index in [0.717, 1.165) is 60.6 Å². The highest BCUT2D eigenvalue weighted by Crippen LogP contribution is 2.57. The number of carbonyl (C=O) groups excluding carboxylic acids is 4. The molecule has 2 aromatic carbocycles. The van der Waals surface area contributed by atoms with E-state index in [-0.39, 0.29) is 37.8 Å². The lowest BCUT2D eigenvalue weighted by molar-refractivity contribution is -0.143. The smallest absolute Gasteiger partial charge is 0.407 e. The summed E-state index contributed by atoms with van der Waals surface area (Å²) in [6, 6.07) is 7.22. The van der Waals surface area contributed by atoms with E-state index < -0.39 is 67.7 Å². The Kier molecular flexibility index (Phi) is 9.70. The molecule has 7 rings (SSSR count). The Hall–Kier alpha value is -3.91. The van der Waals surface area contributed by atoms with Crippen molar-refractivity contribution in [2.24, 2.45) is 17.3 Å². The van der Waals surface area contributed by atoms with Crippen LogP contribution in [0.25, 0.3) is 10.8 Å². The lowest BCUT2D eigenvalue weighted by atomic mass is 9.85. The summed E-state index contributed by atoms with van der Waals surface area (Å²) in [6.45, 7) is 5.30. The number of aliphatic hydroxyl groups is 1. The molecule has 5 atom stereocenters. The van der Waals surface area contributed by atoms with Gasteiger partial charge in [0, 0.05) is 6.42 Å². The minimum absolute atomic E-state index is 0.176. The van der Waals surface area contributed by atoms with Crippen LogP contribution < -0.4 is 20.1 Å². The van der Waals surface area contributed by atoms with Crippen molar-refractivity contribution in [2.45, 2.75) is 120 Å². The fraction of sp³-hybridized carbons (Fsp3) is 0.641. The number of nitrogens with zero attached hydrogens (tertiary/aromatic N) is 1. The van der Waals surface area contributed by atoms with E-state index >= 15 is 0 Å². The number of rotatable bonds is 7. The number of aryl methyl sites for hydroxylation is 1. The molecule has 4 amide bonds. The molecular formula is C39H52N4O9S. The van der Waals surface area contributed by atoms with Crippen LogP contribution in [0.4, 0.5) is 4.79 Å². The molecular weight excluding hydrogens is 701 g/mol. The minimum atomic E-state index is -3.88. The van der Waals surface area contributed by atoms with E-state index in [4.69, 9.17) is 9.47 Å². The van der Waals surface area contributed by atoms with Crippen molar-refractivity contribution in [1.82, 2.24) is 20.3 Å². The number of benzene rings is 2. The third kappa shape index (κ3) is 7.58. The Labute approximate surface area is 311 Å². The highest BCUT2D eigenvalue weighted by molar-refractivity contribution is 7.91. The van der Waals surface area contributed by atoms with E-state index in [9.17, 15) is 32.7 Å². The maximum atomic E-state index is 14.6. The zero-order chi connectivity index (χ0) is 37.9. The number of carbonyl (C=O) groups is 4. The summed E-state index contributed by atoms with van der Waals surface area (Å²) in [7, 11) is -2.24. The summed E-state index contributed by atoms with van der Waals surface area (Å²) in [5.74, 6) is -1.29. The molecule has 3 aliphatic carbocycles. The number of amides is 4. The molecule has 1 saturated heterocycles. The molecule has 2 heterocycles. The monoisotopic (exact) mass is 752 g/mol. The van der Waals surface area contributed by atoms with Gasteiger partial charge in [0.25, 0.3) is 5.91 Å². The first-order chi connectivity index (χ1) is 25.0. The lowest BCUT2D eigenvalue weighted by Gasteiger charge is -2.35. The van der Waals surface area contributed by atoms with Crippen LogP contribution in [0.15, 0.2) is 30.3 Å². The van der Waals surface area contributed by atoms with Gasteiger partial charge >= 0.3 is 6.09 Å². The van der Waals surface area contributed by atoms with Gasteiger partial charge in [0.2, 0.25) is 21.8 Å². The number of fused-ring (bicyclic) bond motifs is 5. The summed E-state index contributed by atoms with van der Waals surface area (Å²) in [6.07, 6.45) is 6.15. The van der Waals surface area contributed by atoms with Gasteiger partial charge in [0.1, 0.15) is 29.0 Å². The summed E-state index contributed by atoms with van der Waals surface area (Å²) >= 11 is 0. The van der Waals surface area contributed by atoms with Crippen molar-refractivity contribution < 1.29 is 42.2 Å². The molecule has 5 bridgehead atoms. The molecule has 288 valence electrons. The Balaban J connectivity index is 1.25. The van der Waals surface area contributed by atoms with Gasteiger partial charge in [-0.05, 0) is 109 Å². The van der Waals surface area contributed by atoms with Gasteiger partial charge in [-0.1, -0.05) is 45.7 Å². The van der Waals surface area contributed by atoms with Crippen LogP contribution in [-0.2, 0) is 41.2 Å². The lowest BCUT2D eigenvalue weighted by Crippen LogP contribution is -2.60. The summed E-state index contributed by atoms with van der Waals surface area (Å²) in [5, 5.41) is 19.3. The second-order valence-corrected chi connectivity index (χ2v) is 18.9. The molecule has 0 spiro atoms.